The van der Waals surface area contributed by atoms with E-state index in [2.05, 4.69) is 15.6 Å². The third-order valence-electron chi connectivity index (χ3n) is 3.74. The summed E-state index contributed by atoms with van der Waals surface area (Å²) in [6, 6.07) is 6.02. The lowest BCUT2D eigenvalue weighted by molar-refractivity contribution is -0.305. The number of hydrogen-bond donors (Lipinski definition) is 1. The molecule has 2 rings (SSSR count). The summed E-state index contributed by atoms with van der Waals surface area (Å²) in [5.41, 5.74) is 0.0996. The van der Waals surface area contributed by atoms with E-state index in [-0.39, 0.29) is 36.8 Å². The molecule has 1 aromatic heterocycles. The molecule has 0 saturated carbocycles. The largest absolute Gasteiger partial charge is 0.550 e. The van der Waals surface area contributed by atoms with Gasteiger partial charge in [0.1, 0.15) is 11.6 Å². The van der Waals surface area contributed by atoms with Gasteiger partial charge in [-0.3, -0.25) is 9.59 Å². The van der Waals surface area contributed by atoms with Crippen LogP contribution < -0.4 is 16.0 Å². The van der Waals surface area contributed by atoms with Crippen molar-refractivity contribution in [3.8, 4) is 0 Å². The summed E-state index contributed by atoms with van der Waals surface area (Å²) in [7, 11) is 0. The lowest BCUT2D eigenvalue weighted by Gasteiger charge is -2.19. The van der Waals surface area contributed by atoms with E-state index in [4.69, 9.17) is 0 Å². The zero-order valence-electron chi connectivity index (χ0n) is 14.3. The molecule has 0 aliphatic carbocycles. The Bertz CT molecular complexity index is 816. The fourth-order valence-corrected chi connectivity index (χ4v) is 2.53. The van der Waals surface area contributed by atoms with Crippen molar-refractivity contribution in [2.24, 2.45) is 5.92 Å². The highest BCUT2D eigenvalue weighted by molar-refractivity contribution is 5.81. The van der Waals surface area contributed by atoms with E-state index in [1.807, 2.05) is 13.8 Å². The van der Waals surface area contributed by atoms with Crippen LogP contribution in [0.1, 0.15) is 39.2 Å². The predicted molar refractivity (Wildman–Crippen MR) is 89.5 cm³/mol. The molecule has 1 amide bonds. The maximum Gasteiger partial charge on any atom is 0.278 e. The Kier molecular flexibility index (Phi) is 6.21. The number of carboxylic acid groups (broad SMARTS) is 1. The number of nitrogens with one attached hydrogen (secondary N) is 1. The van der Waals surface area contributed by atoms with Crippen LogP contribution in [0.2, 0.25) is 0 Å². The maximum atomic E-state index is 12.7. The van der Waals surface area contributed by atoms with E-state index >= 15 is 0 Å². The predicted octanol–water partition coefficient (Wildman–Crippen LogP) is 0.0250. The van der Waals surface area contributed by atoms with Gasteiger partial charge in [0, 0.05) is 12.5 Å². The standard InChI is InChI=1S/C17H22N4O4/c1-11(2)10-14(16(24)18-9-5-8-15(22)23)21-17(25)12-6-3-4-7-13(12)19-20-21/h3-4,6-7,11,14H,5,8-10H2,1-2H3,(H,18,24)(H,22,23)/p-1/t14-/m0/s1. The molecule has 8 heteroatoms. The molecule has 8 nitrogen and oxygen atoms in total. The molecule has 0 radical (unpaired) electrons. The van der Waals surface area contributed by atoms with Gasteiger partial charge in [-0.25, -0.2) is 0 Å². The fourth-order valence-electron chi connectivity index (χ4n) is 2.53. The van der Waals surface area contributed by atoms with Crippen molar-refractivity contribution in [2.45, 2.75) is 39.2 Å². The first kappa shape index (κ1) is 18.6. The Balaban J connectivity index is 2.25. The lowest BCUT2D eigenvalue weighted by atomic mass is 10.0. The minimum atomic E-state index is -1.16. The summed E-state index contributed by atoms with van der Waals surface area (Å²) in [6.45, 7) is 4.07. The molecular weight excluding hydrogens is 324 g/mol. The van der Waals surface area contributed by atoms with Gasteiger partial charge in [0.15, 0.2) is 0 Å². The molecule has 0 aliphatic rings. The Morgan fingerprint density at radius 3 is 2.68 bits per heavy atom. The number of rotatable bonds is 8. The molecule has 134 valence electrons. The maximum absolute atomic E-state index is 12.7. The third kappa shape index (κ3) is 4.85. The van der Waals surface area contributed by atoms with Gasteiger partial charge in [-0.15, -0.1) is 5.10 Å². The summed E-state index contributed by atoms with van der Waals surface area (Å²) >= 11 is 0. The molecule has 25 heavy (non-hydrogen) atoms. The van der Waals surface area contributed by atoms with Crippen LogP contribution in [0.4, 0.5) is 0 Å². The quantitative estimate of drug-likeness (QED) is 0.674. The molecule has 0 bridgehead atoms. The van der Waals surface area contributed by atoms with Crippen LogP contribution in [0.25, 0.3) is 10.9 Å². The van der Waals surface area contributed by atoms with Gasteiger partial charge in [0.05, 0.1) is 5.39 Å². The minimum absolute atomic E-state index is 0.134. The van der Waals surface area contributed by atoms with Gasteiger partial charge < -0.3 is 15.2 Å². The van der Waals surface area contributed by atoms with Gasteiger partial charge >= 0.3 is 0 Å². The Morgan fingerprint density at radius 1 is 1.28 bits per heavy atom. The SMILES string of the molecule is CC(C)C[C@@H](C(=O)NCCCC(=O)[O-])n1nnc2ccccc2c1=O. The lowest BCUT2D eigenvalue weighted by Crippen LogP contribution is -2.40. The number of carboxylic acids is 1. The number of carbonyl (C=O) groups is 2. The first-order chi connectivity index (χ1) is 11.9. The van der Waals surface area contributed by atoms with E-state index in [0.717, 1.165) is 4.68 Å². The molecule has 0 spiro atoms. The summed E-state index contributed by atoms with van der Waals surface area (Å²) in [5.74, 6) is -1.39. The summed E-state index contributed by atoms with van der Waals surface area (Å²) in [6.07, 6.45) is 0.546. The van der Waals surface area contributed by atoms with Crippen LogP contribution in [-0.2, 0) is 9.59 Å². The molecule has 0 fully saturated rings. The van der Waals surface area contributed by atoms with Gasteiger partial charge in [0.2, 0.25) is 5.91 Å². The molecule has 2 aromatic rings. The number of aromatic nitrogens is 3. The normalized spacial score (nSPS) is 12.3. The molecule has 1 heterocycles. The first-order valence-corrected chi connectivity index (χ1v) is 8.22. The fraction of sp³-hybridized carbons (Fsp3) is 0.471. The number of aliphatic carboxylic acids is 1. The Morgan fingerprint density at radius 2 is 2.00 bits per heavy atom. The van der Waals surface area contributed by atoms with E-state index in [0.29, 0.717) is 17.3 Å². The van der Waals surface area contributed by atoms with Crippen molar-refractivity contribution in [2.75, 3.05) is 6.54 Å². The van der Waals surface area contributed by atoms with Gasteiger partial charge in [-0.1, -0.05) is 31.2 Å². The van der Waals surface area contributed by atoms with Crippen LogP contribution in [0.15, 0.2) is 29.1 Å². The van der Waals surface area contributed by atoms with E-state index < -0.39 is 12.0 Å². The second-order valence-corrected chi connectivity index (χ2v) is 6.27. The van der Waals surface area contributed by atoms with Gasteiger partial charge in [-0.05, 0) is 37.3 Å². The second-order valence-electron chi connectivity index (χ2n) is 6.27. The van der Waals surface area contributed by atoms with E-state index in [1.54, 1.807) is 24.3 Å². The Labute approximate surface area is 144 Å². The number of fused-ring (bicyclic) bond motifs is 1. The molecule has 1 N–H and O–H groups in total. The average molecular weight is 345 g/mol. The number of nitrogens with zero attached hydrogens (tertiary/aromatic N) is 3. The van der Waals surface area contributed by atoms with Crippen LogP contribution in [0, 0.1) is 5.92 Å². The van der Waals surface area contributed by atoms with Crippen molar-refractivity contribution in [3.63, 3.8) is 0 Å². The third-order valence-corrected chi connectivity index (χ3v) is 3.74. The van der Waals surface area contributed by atoms with E-state index in [1.165, 1.54) is 0 Å². The molecular formula is C17H21N4O4-. The molecule has 1 atom stereocenters. The zero-order chi connectivity index (χ0) is 18.4. The molecule has 0 unspecified atom stereocenters. The number of benzene rings is 1. The van der Waals surface area contributed by atoms with Crippen molar-refractivity contribution in [1.29, 1.82) is 0 Å². The van der Waals surface area contributed by atoms with Crippen molar-refractivity contribution in [3.05, 3.63) is 34.6 Å². The number of hydrogen-bond acceptors (Lipinski definition) is 6. The van der Waals surface area contributed by atoms with Gasteiger partial charge in [0.25, 0.3) is 5.56 Å². The van der Waals surface area contributed by atoms with Crippen molar-refractivity contribution in [1.82, 2.24) is 20.3 Å². The zero-order valence-corrected chi connectivity index (χ0v) is 14.3. The highest BCUT2D eigenvalue weighted by Crippen LogP contribution is 2.16. The van der Waals surface area contributed by atoms with Crippen LogP contribution >= 0.6 is 0 Å². The molecule has 1 aromatic carbocycles. The van der Waals surface area contributed by atoms with Crippen LogP contribution in [0.5, 0.6) is 0 Å². The van der Waals surface area contributed by atoms with E-state index in [9.17, 15) is 19.5 Å². The topological polar surface area (TPSA) is 117 Å². The highest BCUT2D eigenvalue weighted by Gasteiger charge is 2.24. The molecule has 0 aliphatic heterocycles. The van der Waals surface area contributed by atoms with Crippen molar-refractivity contribution < 1.29 is 14.7 Å². The van der Waals surface area contributed by atoms with Crippen LogP contribution in [0.3, 0.4) is 0 Å². The summed E-state index contributed by atoms with van der Waals surface area (Å²) < 4.78 is 1.11. The van der Waals surface area contributed by atoms with Crippen LogP contribution in [-0.4, -0.2) is 33.4 Å². The second kappa shape index (κ2) is 8.36. The minimum Gasteiger partial charge on any atom is -0.550 e. The number of carbonyl (C=O) groups excluding carboxylic acids is 2. The molecule has 0 saturated heterocycles. The highest BCUT2D eigenvalue weighted by atomic mass is 16.4. The number of amides is 1. The average Bonchev–Trinajstić information content (AvgIpc) is 2.57. The summed E-state index contributed by atoms with van der Waals surface area (Å²) in [5, 5.41) is 21.4. The van der Waals surface area contributed by atoms with Crippen molar-refractivity contribution >= 4 is 22.8 Å². The van der Waals surface area contributed by atoms with Gasteiger partial charge in [-0.2, -0.15) is 4.68 Å². The monoisotopic (exact) mass is 345 g/mol. The smallest absolute Gasteiger partial charge is 0.278 e. The first-order valence-electron chi connectivity index (χ1n) is 8.22. The Hall–Kier alpha value is -2.77. The summed E-state index contributed by atoms with van der Waals surface area (Å²) in [4.78, 5) is 35.6.